The van der Waals surface area contributed by atoms with E-state index < -0.39 is 17.5 Å². The van der Waals surface area contributed by atoms with Crippen molar-refractivity contribution in [3.8, 4) is 0 Å². The summed E-state index contributed by atoms with van der Waals surface area (Å²) in [6, 6.07) is 6.48. The van der Waals surface area contributed by atoms with Crippen molar-refractivity contribution in [2.75, 3.05) is 0 Å². The molecule has 0 saturated carbocycles. The van der Waals surface area contributed by atoms with Gasteiger partial charge in [-0.1, -0.05) is 30.7 Å². The van der Waals surface area contributed by atoms with Gasteiger partial charge in [-0.05, 0) is 19.3 Å². The molecule has 0 fully saturated rings. The number of aliphatic hydroxyl groups excluding tert-OH is 1. The molecule has 1 aromatic carbocycles. The van der Waals surface area contributed by atoms with Gasteiger partial charge in [-0.25, -0.2) is 0 Å². The van der Waals surface area contributed by atoms with Gasteiger partial charge in [0.05, 0.1) is 0 Å². The minimum atomic E-state index is -0.852. The summed E-state index contributed by atoms with van der Waals surface area (Å²) >= 11 is 0. The van der Waals surface area contributed by atoms with E-state index >= 15 is 0 Å². The van der Waals surface area contributed by atoms with Crippen LogP contribution in [0.2, 0.25) is 0 Å². The number of fused-ring (bicyclic) bond motifs is 1. The van der Waals surface area contributed by atoms with Gasteiger partial charge in [0, 0.05) is 23.1 Å². The van der Waals surface area contributed by atoms with Crippen molar-refractivity contribution >= 4 is 23.3 Å². The summed E-state index contributed by atoms with van der Waals surface area (Å²) < 4.78 is 0. The number of Topliss-reactive ketones (excluding diaryl/α,β-unsaturated/α-hetero) is 2. The highest BCUT2D eigenvalue weighted by Crippen LogP contribution is 2.30. The molecule has 0 saturated heterocycles. The van der Waals surface area contributed by atoms with Crippen LogP contribution in [-0.2, 0) is 9.59 Å². The van der Waals surface area contributed by atoms with Crippen molar-refractivity contribution in [2.45, 2.75) is 32.1 Å². The summed E-state index contributed by atoms with van der Waals surface area (Å²) in [4.78, 5) is 34.4. The van der Waals surface area contributed by atoms with Gasteiger partial charge in [0.2, 0.25) is 11.6 Å². The molecule has 0 bridgehead atoms. The minimum Gasteiger partial charge on any atom is -0.507 e. The number of benzene rings is 1. The number of rotatable bonds is 6. The van der Waals surface area contributed by atoms with Crippen LogP contribution >= 0.6 is 0 Å². The molecule has 1 aliphatic carbocycles. The third-order valence-electron chi connectivity index (χ3n) is 3.51. The van der Waals surface area contributed by atoms with Crippen LogP contribution < -0.4 is 0 Å². The highest BCUT2D eigenvalue weighted by Gasteiger charge is 2.31. The second kappa shape index (κ2) is 6.35. The van der Waals surface area contributed by atoms with Gasteiger partial charge in [0.25, 0.3) is 0 Å². The zero-order chi connectivity index (χ0) is 15.4. The topological polar surface area (TPSA) is 91.7 Å². The molecule has 5 nitrogen and oxygen atoms in total. The van der Waals surface area contributed by atoms with Gasteiger partial charge in [-0.15, -0.1) is 0 Å². The molecule has 1 aliphatic rings. The molecule has 0 aromatic heterocycles. The molecule has 2 rings (SSSR count). The van der Waals surface area contributed by atoms with E-state index in [0.717, 1.165) is 0 Å². The molecule has 1 aromatic rings. The Morgan fingerprint density at radius 3 is 2.29 bits per heavy atom. The van der Waals surface area contributed by atoms with E-state index in [0.29, 0.717) is 24.8 Å². The van der Waals surface area contributed by atoms with Gasteiger partial charge in [0.1, 0.15) is 5.76 Å². The second-order valence-electron chi connectivity index (χ2n) is 4.99. The minimum absolute atomic E-state index is 0.0841. The zero-order valence-corrected chi connectivity index (χ0v) is 11.5. The number of hydrogen-bond donors (Lipinski definition) is 2. The quantitative estimate of drug-likeness (QED) is 0.620. The Morgan fingerprint density at radius 2 is 1.62 bits per heavy atom. The molecule has 0 spiro atoms. The average molecular weight is 288 g/mol. The molecule has 0 unspecified atom stereocenters. The van der Waals surface area contributed by atoms with Crippen molar-refractivity contribution < 1.29 is 24.6 Å². The lowest BCUT2D eigenvalue weighted by molar-refractivity contribution is -0.137. The molecule has 0 atom stereocenters. The van der Waals surface area contributed by atoms with Gasteiger partial charge in [-0.2, -0.15) is 0 Å². The summed E-state index contributed by atoms with van der Waals surface area (Å²) in [6.45, 7) is 0. The third kappa shape index (κ3) is 3.18. The number of carbonyl (C=O) groups excluding carboxylic acids is 2. The maximum absolute atomic E-state index is 12.0. The molecule has 5 heteroatoms. The first-order valence-electron chi connectivity index (χ1n) is 6.84. The summed E-state index contributed by atoms with van der Waals surface area (Å²) in [6.07, 6.45) is 2.08. The lowest BCUT2D eigenvalue weighted by Crippen LogP contribution is -2.24. The molecule has 0 amide bonds. The first-order valence-corrected chi connectivity index (χ1v) is 6.84. The number of carboxylic acids is 1. The number of carbonyl (C=O) groups is 3. The Morgan fingerprint density at radius 1 is 0.952 bits per heavy atom. The third-order valence-corrected chi connectivity index (χ3v) is 3.51. The standard InChI is InChI=1S/C16H16O5/c17-13(18)9-3-1-2-8-12-14(19)10-6-4-5-7-11(10)15(20)16(12)21/h4-7,19H,1-3,8-9H2,(H,17,18). The monoisotopic (exact) mass is 288 g/mol. The maximum Gasteiger partial charge on any atom is 0.303 e. The summed E-state index contributed by atoms with van der Waals surface area (Å²) in [5, 5.41) is 18.7. The number of aliphatic hydroxyl groups is 1. The number of ketones is 2. The van der Waals surface area contributed by atoms with Crippen LogP contribution in [0.5, 0.6) is 0 Å². The molecule has 21 heavy (non-hydrogen) atoms. The highest BCUT2D eigenvalue weighted by molar-refractivity contribution is 6.52. The van der Waals surface area contributed by atoms with Gasteiger partial charge >= 0.3 is 5.97 Å². The fraction of sp³-hybridized carbons (Fsp3) is 0.312. The van der Waals surface area contributed by atoms with Crippen molar-refractivity contribution in [3.63, 3.8) is 0 Å². The summed E-state index contributed by atoms with van der Waals surface area (Å²) in [5.41, 5.74) is 0.756. The van der Waals surface area contributed by atoms with Gasteiger partial charge < -0.3 is 10.2 Å². The van der Waals surface area contributed by atoms with Gasteiger partial charge in [0.15, 0.2) is 0 Å². The molecule has 0 radical (unpaired) electrons. The SMILES string of the molecule is O=C(O)CCCCCC1=C(O)c2ccccc2C(=O)C1=O. The molecular weight excluding hydrogens is 272 g/mol. The van der Waals surface area contributed by atoms with Crippen LogP contribution in [0.25, 0.3) is 5.76 Å². The smallest absolute Gasteiger partial charge is 0.303 e. The number of allylic oxidation sites excluding steroid dienone is 1. The molecule has 0 aliphatic heterocycles. The van der Waals surface area contributed by atoms with Crippen molar-refractivity contribution in [2.24, 2.45) is 0 Å². The number of unbranched alkanes of at least 4 members (excludes halogenated alkanes) is 2. The lowest BCUT2D eigenvalue weighted by atomic mass is 9.86. The molecule has 2 N–H and O–H groups in total. The van der Waals surface area contributed by atoms with Crippen LogP contribution in [0.1, 0.15) is 48.0 Å². The number of carboxylic acid groups (broad SMARTS) is 1. The Kier molecular flexibility index (Phi) is 4.52. The first-order chi connectivity index (χ1) is 10.0. The lowest BCUT2D eigenvalue weighted by Gasteiger charge is -2.17. The van der Waals surface area contributed by atoms with E-state index in [1.165, 1.54) is 6.07 Å². The van der Waals surface area contributed by atoms with Gasteiger partial charge in [-0.3, -0.25) is 14.4 Å². The van der Waals surface area contributed by atoms with E-state index in [-0.39, 0.29) is 29.7 Å². The summed E-state index contributed by atoms with van der Waals surface area (Å²) in [7, 11) is 0. The van der Waals surface area contributed by atoms with Crippen LogP contribution in [0.4, 0.5) is 0 Å². The van der Waals surface area contributed by atoms with E-state index in [9.17, 15) is 19.5 Å². The summed E-state index contributed by atoms with van der Waals surface area (Å²) in [5.74, 6) is -2.24. The Balaban J connectivity index is 2.10. The fourth-order valence-corrected chi connectivity index (χ4v) is 2.40. The number of hydrogen-bond acceptors (Lipinski definition) is 4. The van der Waals surface area contributed by atoms with E-state index in [4.69, 9.17) is 5.11 Å². The van der Waals surface area contributed by atoms with Crippen molar-refractivity contribution in [1.29, 1.82) is 0 Å². The largest absolute Gasteiger partial charge is 0.507 e. The van der Waals surface area contributed by atoms with Crippen molar-refractivity contribution in [3.05, 3.63) is 41.0 Å². The maximum atomic E-state index is 12.0. The fourth-order valence-electron chi connectivity index (χ4n) is 2.40. The molecule has 110 valence electrons. The highest BCUT2D eigenvalue weighted by atomic mass is 16.4. The van der Waals surface area contributed by atoms with Crippen LogP contribution in [0, 0.1) is 0 Å². The van der Waals surface area contributed by atoms with Crippen molar-refractivity contribution in [1.82, 2.24) is 0 Å². The molecular formula is C16H16O5. The van der Waals surface area contributed by atoms with Crippen LogP contribution in [0.3, 0.4) is 0 Å². The average Bonchev–Trinajstić information content (AvgIpc) is 2.47. The predicted octanol–water partition coefficient (Wildman–Crippen LogP) is 2.76. The normalized spacial score (nSPS) is 14.3. The van der Waals surface area contributed by atoms with Crippen LogP contribution in [0.15, 0.2) is 29.8 Å². The predicted molar refractivity (Wildman–Crippen MR) is 76.0 cm³/mol. The Hall–Kier alpha value is -2.43. The van der Waals surface area contributed by atoms with E-state index in [1.807, 2.05) is 0 Å². The Labute approximate surface area is 121 Å². The second-order valence-corrected chi connectivity index (χ2v) is 4.99. The van der Waals surface area contributed by atoms with E-state index in [2.05, 4.69) is 0 Å². The number of aliphatic carboxylic acids is 1. The first kappa shape index (κ1) is 15.0. The van der Waals surface area contributed by atoms with Crippen LogP contribution in [-0.4, -0.2) is 27.7 Å². The Bertz CT molecular complexity index is 627. The molecule has 0 heterocycles. The van der Waals surface area contributed by atoms with E-state index in [1.54, 1.807) is 18.2 Å². The zero-order valence-electron chi connectivity index (χ0n) is 11.5.